The van der Waals surface area contributed by atoms with Gasteiger partial charge >= 0.3 is 0 Å². The van der Waals surface area contributed by atoms with Crippen LogP contribution in [-0.2, 0) is 0 Å². The van der Waals surface area contributed by atoms with Crippen molar-refractivity contribution in [2.75, 3.05) is 5.32 Å². The molecule has 0 bridgehead atoms. The van der Waals surface area contributed by atoms with Crippen LogP contribution in [-0.4, -0.2) is 16.0 Å². The monoisotopic (exact) mass is 163 g/mol. The molecule has 1 aliphatic rings. The third-order valence-corrected chi connectivity index (χ3v) is 2.21. The van der Waals surface area contributed by atoms with Gasteiger partial charge in [0.05, 0.1) is 11.9 Å². The molecule has 2 rings (SSSR count). The zero-order valence-corrected chi connectivity index (χ0v) is 7.25. The standard InChI is InChI=1S/C9H13N3/c1-7-5-10-6-9(11-7)12-8-3-2-4-8/h5-6,8H,2-4H2,1H3,(H,11,12). The van der Waals surface area contributed by atoms with E-state index in [1.54, 1.807) is 12.4 Å². The fraction of sp³-hybridized carbons (Fsp3) is 0.556. The van der Waals surface area contributed by atoms with Gasteiger partial charge in [0.25, 0.3) is 0 Å². The summed E-state index contributed by atoms with van der Waals surface area (Å²) in [5, 5.41) is 3.35. The normalized spacial score (nSPS) is 17.1. The molecular weight excluding hydrogens is 150 g/mol. The van der Waals surface area contributed by atoms with Gasteiger partial charge in [0.15, 0.2) is 0 Å². The molecule has 1 aromatic rings. The maximum Gasteiger partial charge on any atom is 0.145 e. The Morgan fingerprint density at radius 1 is 1.42 bits per heavy atom. The molecule has 0 unspecified atom stereocenters. The van der Waals surface area contributed by atoms with Crippen molar-refractivity contribution in [1.29, 1.82) is 0 Å². The largest absolute Gasteiger partial charge is 0.366 e. The van der Waals surface area contributed by atoms with E-state index < -0.39 is 0 Å². The van der Waals surface area contributed by atoms with Crippen LogP contribution in [0.2, 0.25) is 0 Å². The molecule has 0 amide bonds. The van der Waals surface area contributed by atoms with Crippen LogP contribution in [0.15, 0.2) is 12.4 Å². The Labute approximate surface area is 72.2 Å². The molecule has 1 aliphatic carbocycles. The number of hydrogen-bond donors (Lipinski definition) is 1. The van der Waals surface area contributed by atoms with E-state index in [1.807, 2.05) is 6.92 Å². The van der Waals surface area contributed by atoms with Gasteiger partial charge in [-0.15, -0.1) is 0 Å². The zero-order chi connectivity index (χ0) is 8.39. The van der Waals surface area contributed by atoms with Gasteiger partial charge in [-0.3, -0.25) is 4.98 Å². The predicted molar refractivity (Wildman–Crippen MR) is 48.0 cm³/mol. The molecule has 0 aromatic carbocycles. The van der Waals surface area contributed by atoms with Gasteiger partial charge in [-0.05, 0) is 26.2 Å². The van der Waals surface area contributed by atoms with Crippen LogP contribution < -0.4 is 5.32 Å². The second-order valence-electron chi connectivity index (χ2n) is 3.32. The minimum atomic E-state index is 0.640. The predicted octanol–water partition coefficient (Wildman–Crippen LogP) is 1.75. The molecule has 1 fully saturated rings. The Hall–Kier alpha value is -1.12. The highest BCUT2D eigenvalue weighted by Gasteiger charge is 2.16. The Bertz CT molecular complexity index is 268. The van der Waals surface area contributed by atoms with Gasteiger partial charge in [0, 0.05) is 12.2 Å². The quantitative estimate of drug-likeness (QED) is 0.721. The molecule has 0 spiro atoms. The summed E-state index contributed by atoms with van der Waals surface area (Å²) in [4.78, 5) is 8.39. The second-order valence-corrected chi connectivity index (χ2v) is 3.32. The lowest BCUT2D eigenvalue weighted by atomic mass is 9.93. The van der Waals surface area contributed by atoms with E-state index in [-0.39, 0.29) is 0 Å². The first-order chi connectivity index (χ1) is 5.84. The Kier molecular flexibility index (Phi) is 1.94. The van der Waals surface area contributed by atoms with Gasteiger partial charge in [-0.25, -0.2) is 4.98 Å². The average Bonchev–Trinajstić information content (AvgIpc) is 1.97. The van der Waals surface area contributed by atoms with Crippen LogP contribution in [0.5, 0.6) is 0 Å². The molecule has 0 saturated heterocycles. The van der Waals surface area contributed by atoms with E-state index >= 15 is 0 Å². The van der Waals surface area contributed by atoms with E-state index in [0.29, 0.717) is 6.04 Å². The molecular formula is C9H13N3. The first-order valence-electron chi connectivity index (χ1n) is 4.40. The summed E-state index contributed by atoms with van der Waals surface area (Å²) in [6, 6.07) is 0.640. The van der Waals surface area contributed by atoms with E-state index in [1.165, 1.54) is 19.3 Å². The van der Waals surface area contributed by atoms with Crippen LogP contribution in [0.3, 0.4) is 0 Å². The molecule has 3 nitrogen and oxygen atoms in total. The molecule has 1 heterocycles. The van der Waals surface area contributed by atoms with E-state index in [0.717, 1.165) is 11.5 Å². The lowest BCUT2D eigenvalue weighted by Gasteiger charge is -2.26. The highest BCUT2D eigenvalue weighted by atomic mass is 15.0. The highest BCUT2D eigenvalue weighted by Crippen LogP contribution is 2.21. The lowest BCUT2D eigenvalue weighted by Crippen LogP contribution is -2.27. The summed E-state index contributed by atoms with van der Waals surface area (Å²) in [6.07, 6.45) is 7.44. The van der Waals surface area contributed by atoms with Crippen molar-refractivity contribution in [3.05, 3.63) is 18.1 Å². The molecule has 64 valence electrons. The van der Waals surface area contributed by atoms with E-state index in [9.17, 15) is 0 Å². The molecule has 1 saturated carbocycles. The molecule has 3 heteroatoms. The van der Waals surface area contributed by atoms with E-state index in [2.05, 4.69) is 15.3 Å². The zero-order valence-electron chi connectivity index (χ0n) is 7.25. The second kappa shape index (κ2) is 3.09. The summed E-state index contributed by atoms with van der Waals surface area (Å²) in [5.74, 6) is 0.916. The number of nitrogens with zero attached hydrogens (tertiary/aromatic N) is 2. The van der Waals surface area contributed by atoms with Gasteiger partial charge in [0.1, 0.15) is 5.82 Å². The summed E-state index contributed by atoms with van der Waals surface area (Å²) < 4.78 is 0. The molecule has 1 aromatic heterocycles. The fourth-order valence-electron chi connectivity index (χ4n) is 1.29. The molecule has 0 radical (unpaired) electrons. The van der Waals surface area contributed by atoms with Gasteiger partial charge < -0.3 is 5.32 Å². The number of nitrogens with one attached hydrogen (secondary N) is 1. The van der Waals surface area contributed by atoms with Crippen LogP contribution in [0.4, 0.5) is 5.82 Å². The fourth-order valence-corrected chi connectivity index (χ4v) is 1.29. The van der Waals surface area contributed by atoms with Gasteiger partial charge in [0.2, 0.25) is 0 Å². The number of anilines is 1. The topological polar surface area (TPSA) is 37.8 Å². The van der Waals surface area contributed by atoms with Crippen molar-refractivity contribution in [2.24, 2.45) is 0 Å². The minimum absolute atomic E-state index is 0.640. The summed E-state index contributed by atoms with van der Waals surface area (Å²) in [7, 11) is 0. The third-order valence-electron chi connectivity index (χ3n) is 2.21. The molecule has 1 N–H and O–H groups in total. The average molecular weight is 163 g/mol. The number of hydrogen-bond acceptors (Lipinski definition) is 3. The van der Waals surface area contributed by atoms with Gasteiger partial charge in [-0.2, -0.15) is 0 Å². The SMILES string of the molecule is Cc1cncc(NC2CCC2)n1. The van der Waals surface area contributed by atoms with Crippen molar-refractivity contribution < 1.29 is 0 Å². The maximum atomic E-state index is 4.32. The smallest absolute Gasteiger partial charge is 0.145 e. The molecule has 12 heavy (non-hydrogen) atoms. The third kappa shape index (κ3) is 1.55. The lowest BCUT2D eigenvalue weighted by molar-refractivity contribution is 0.444. The molecule has 0 atom stereocenters. The van der Waals surface area contributed by atoms with Crippen molar-refractivity contribution in [1.82, 2.24) is 9.97 Å². The van der Waals surface area contributed by atoms with Crippen molar-refractivity contribution >= 4 is 5.82 Å². The summed E-state index contributed by atoms with van der Waals surface area (Å²) >= 11 is 0. The summed E-state index contributed by atoms with van der Waals surface area (Å²) in [6.45, 7) is 1.96. The number of aromatic nitrogens is 2. The van der Waals surface area contributed by atoms with Crippen LogP contribution >= 0.6 is 0 Å². The maximum absolute atomic E-state index is 4.32. The number of aryl methyl sites for hydroxylation is 1. The Morgan fingerprint density at radius 3 is 2.83 bits per heavy atom. The van der Waals surface area contributed by atoms with Crippen LogP contribution in [0, 0.1) is 6.92 Å². The van der Waals surface area contributed by atoms with E-state index in [4.69, 9.17) is 0 Å². The van der Waals surface area contributed by atoms with Crippen molar-refractivity contribution in [2.45, 2.75) is 32.2 Å². The van der Waals surface area contributed by atoms with Crippen LogP contribution in [0.1, 0.15) is 25.0 Å². The summed E-state index contributed by atoms with van der Waals surface area (Å²) in [5.41, 5.74) is 0.972. The van der Waals surface area contributed by atoms with Crippen molar-refractivity contribution in [3.8, 4) is 0 Å². The first-order valence-corrected chi connectivity index (χ1v) is 4.40. The highest BCUT2D eigenvalue weighted by molar-refractivity contribution is 5.33. The first kappa shape index (κ1) is 7.53. The molecule has 0 aliphatic heterocycles. The van der Waals surface area contributed by atoms with Gasteiger partial charge in [-0.1, -0.05) is 0 Å². The Morgan fingerprint density at radius 2 is 2.25 bits per heavy atom. The van der Waals surface area contributed by atoms with Crippen molar-refractivity contribution in [3.63, 3.8) is 0 Å². The minimum Gasteiger partial charge on any atom is -0.366 e. The van der Waals surface area contributed by atoms with Crippen LogP contribution in [0.25, 0.3) is 0 Å². The number of rotatable bonds is 2. The Balaban J connectivity index is 2.02.